The maximum atomic E-state index is 12.4. The van der Waals surface area contributed by atoms with Gasteiger partial charge in [-0.3, -0.25) is 9.59 Å². The Morgan fingerprint density at radius 2 is 1.77 bits per heavy atom. The predicted molar refractivity (Wildman–Crippen MR) is 97.7 cm³/mol. The molecule has 0 saturated heterocycles. The highest BCUT2D eigenvalue weighted by Crippen LogP contribution is 2.21. The van der Waals surface area contributed by atoms with E-state index in [-0.39, 0.29) is 35.8 Å². The predicted octanol–water partition coefficient (Wildman–Crippen LogP) is 1.81. The molecular weight excluding hydrogens is 338 g/mol. The van der Waals surface area contributed by atoms with Gasteiger partial charge in [-0.1, -0.05) is 20.8 Å². The quantitative estimate of drug-likeness (QED) is 0.545. The standard InChI is InChI=1S/C18H25N3O5/c1-10(22)5-6-14(16(24)25)21-15(23)11-7-12(19)9-13(8-11)20-17(26)18(2,3)4/h7-9,14H,5-6,19H2,1-4H3,(H,20,26)(H,21,23)(H,24,25). The van der Waals surface area contributed by atoms with Crippen molar-refractivity contribution in [1.82, 2.24) is 5.32 Å². The van der Waals surface area contributed by atoms with Crippen LogP contribution < -0.4 is 16.4 Å². The van der Waals surface area contributed by atoms with Gasteiger partial charge in [0.15, 0.2) is 0 Å². The summed E-state index contributed by atoms with van der Waals surface area (Å²) in [5.74, 6) is -2.30. The number of amides is 2. The Balaban J connectivity index is 2.96. The maximum Gasteiger partial charge on any atom is 0.326 e. The number of carboxylic acid groups (broad SMARTS) is 1. The van der Waals surface area contributed by atoms with Crippen LogP contribution in [0.3, 0.4) is 0 Å². The van der Waals surface area contributed by atoms with Crippen molar-refractivity contribution in [3.8, 4) is 0 Å². The Hall–Kier alpha value is -2.90. The van der Waals surface area contributed by atoms with Gasteiger partial charge in [0.25, 0.3) is 5.91 Å². The smallest absolute Gasteiger partial charge is 0.326 e. The Kier molecular flexibility index (Phi) is 6.88. The van der Waals surface area contributed by atoms with Crippen molar-refractivity contribution in [1.29, 1.82) is 0 Å². The van der Waals surface area contributed by atoms with Crippen LogP contribution >= 0.6 is 0 Å². The molecule has 26 heavy (non-hydrogen) atoms. The van der Waals surface area contributed by atoms with Gasteiger partial charge < -0.3 is 26.3 Å². The molecule has 1 unspecified atom stereocenters. The van der Waals surface area contributed by atoms with Crippen LogP contribution in [0.25, 0.3) is 0 Å². The number of carbonyl (C=O) groups is 4. The molecule has 0 radical (unpaired) electrons. The third kappa shape index (κ3) is 6.54. The first-order valence-electron chi connectivity index (χ1n) is 8.15. The van der Waals surface area contributed by atoms with Gasteiger partial charge in [0.05, 0.1) is 0 Å². The van der Waals surface area contributed by atoms with Crippen LogP contribution in [0.15, 0.2) is 18.2 Å². The number of carboxylic acids is 1. The van der Waals surface area contributed by atoms with Crippen molar-refractivity contribution in [2.24, 2.45) is 5.41 Å². The van der Waals surface area contributed by atoms with Crippen LogP contribution in [0.2, 0.25) is 0 Å². The van der Waals surface area contributed by atoms with E-state index in [1.165, 1.54) is 25.1 Å². The van der Waals surface area contributed by atoms with Gasteiger partial charge in [-0.2, -0.15) is 0 Å². The van der Waals surface area contributed by atoms with Crippen molar-refractivity contribution in [3.63, 3.8) is 0 Å². The molecule has 0 aliphatic heterocycles. The molecule has 8 nitrogen and oxygen atoms in total. The number of hydrogen-bond acceptors (Lipinski definition) is 5. The van der Waals surface area contributed by atoms with Crippen molar-refractivity contribution in [2.75, 3.05) is 11.1 Å². The Bertz CT molecular complexity index is 722. The normalized spacial score (nSPS) is 12.2. The molecule has 2 amide bonds. The summed E-state index contributed by atoms with van der Waals surface area (Å²) < 4.78 is 0. The molecule has 8 heteroatoms. The van der Waals surface area contributed by atoms with Gasteiger partial charge in [0, 0.05) is 28.8 Å². The van der Waals surface area contributed by atoms with Gasteiger partial charge in [-0.25, -0.2) is 4.79 Å². The third-order valence-electron chi connectivity index (χ3n) is 3.55. The summed E-state index contributed by atoms with van der Waals surface area (Å²) in [5.41, 5.74) is 5.85. The largest absolute Gasteiger partial charge is 0.480 e. The van der Waals surface area contributed by atoms with Gasteiger partial charge >= 0.3 is 5.97 Å². The van der Waals surface area contributed by atoms with E-state index in [9.17, 15) is 24.3 Å². The lowest BCUT2D eigenvalue weighted by atomic mass is 9.95. The molecule has 0 spiro atoms. The summed E-state index contributed by atoms with van der Waals surface area (Å²) in [6, 6.07) is 3.11. The molecular formula is C18H25N3O5. The molecule has 0 aliphatic rings. The lowest BCUT2D eigenvalue weighted by Gasteiger charge is -2.19. The average Bonchev–Trinajstić information content (AvgIpc) is 2.49. The van der Waals surface area contributed by atoms with Gasteiger partial charge in [-0.05, 0) is 31.5 Å². The molecule has 1 aromatic rings. The fraction of sp³-hybridized carbons (Fsp3) is 0.444. The van der Waals surface area contributed by atoms with Gasteiger partial charge in [-0.15, -0.1) is 0 Å². The average molecular weight is 363 g/mol. The Morgan fingerprint density at radius 1 is 1.15 bits per heavy atom. The number of rotatable bonds is 7. The lowest BCUT2D eigenvalue weighted by Crippen LogP contribution is -2.41. The van der Waals surface area contributed by atoms with E-state index in [1.807, 2.05) is 0 Å². The van der Waals surface area contributed by atoms with E-state index in [2.05, 4.69) is 10.6 Å². The molecule has 142 valence electrons. The molecule has 1 rings (SSSR count). The number of anilines is 2. The van der Waals surface area contributed by atoms with E-state index >= 15 is 0 Å². The first-order valence-corrected chi connectivity index (χ1v) is 8.15. The minimum Gasteiger partial charge on any atom is -0.480 e. The number of aliphatic carboxylic acids is 1. The van der Waals surface area contributed by atoms with Crippen LogP contribution in [0.1, 0.15) is 50.9 Å². The molecule has 1 atom stereocenters. The zero-order valence-corrected chi connectivity index (χ0v) is 15.4. The zero-order chi connectivity index (χ0) is 20.1. The molecule has 0 fully saturated rings. The van der Waals surface area contributed by atoms with E-state index in [4.69, 9.17) is 5.73 Å². The van der Waals surface area contributed by atoms with E-state index in [0.717, 1.165) is 0 Å². The third-order valence-corrected chi connectivity index (χ3v) is 3.55. The van der Waals surface area contributed by atoms with Crippen LogP contribution in [-0.4, -0.2) is 34.7 Å². The second-order valence-corrected chi connectivity index (χ2v) is 7.15. The SMILES string of the molecule is CC(=O)CCC(NC(=O)c1cc(N)cc(NC(=O)C(C)(C)C)c1)C(=O)O. The highest BCUT2D eigenvalue weighted by atomic mass is 16.4. The van der Waals surface area contributed by atoms with Crippen molar-refractivity contribution >= 4 is 34.9 Å². The van der Waals surface area contributed by atoms with Crippen molar-refractivity contribution < 1.29 is 24.3 Å². The molecule has 1 aromatic carbocycles. The summed E-state index contributed by atoms with van der Waals surface area (Å²) >= 11 is 0. The summed E-state index contributed by atoms with van der Waals surface area (Å²) in [4.78, 5) is 46.7. The summed E-state index contributed by atoms with van der Waals surface area (Å²) in [6.07, 6.45) is 0.0351. The van der Waals surface area contributed by atoms with E-state index in [0.29, 0.717) is 5.69 Å². The monoisotopic (exact) mass is 363 g/mol. The maximum absolute atomic E-state index is 12.4. The second-order valence-electron chi connectivity index (χ2n) is 7.15. The molecule has 0 bridgehead atoms. The van der Waals surface area contributed by atoms with Crippen molar-refractivity contribution in [2.45, 2.75) is 46.6 Å². The first kappa shape index (κ1) is 21.1. The molecule has 0 aromatic heterocycles. The number of nitrogen functional groups attached to an aromatic ring is 1. The zero-order valence-electron chi connectivity index (χ0n) is 15.4. The topological polar surface area (TPSA) is 139 Å². The van der Waals surface area contributed by atoms with Crippen LogP contribution in [-0.2, 0) is 14.4 Å². The Labute approximate surface area is 152 Å². The summed E-state index contributed by atoms with van der Waals surface area (Å²) in [7, 11) is 0. The Morgan fingerprint density at radius 3 is 2.27 bits per heavy atom. The fourth-order valence-electron chi connectivity index (χ4n) is 2.02. The lowest BCUT2D eigenvalue weighted by molar-refractivity contribution is -0.139. The van der Waals surface area contributed by atoms with Crippen LogP contribution in [0.4, 0.5) is 11.4 Å². The molecule has 0 saturated carbocycles. The number of nitrogens with two attached hydrogens (primary N) is 1. The summed E-state index contributed by atoms with van der Waals surface area (Å²) in [5, 5.41) is 14.2. The molecule has 0 aliphatic carbocycles. The van der Waals surface area contributed by atoms with Gasteiger partial charge in [0.2, 0.25) is 5.91 Å². The highest BCUT2D eigenvalue weighted by Gasteiger charge is 2.23. The number of nitrogens with one attached hydrogen (secondary N) is 2. The van der Waals surface area contributed by atoms with Crippen LogP contribution in [0.5, 0.6) is 0 Å². The number of carbonyl (C=O) groups excluding carboxylic acids is 3. The highest BCUT2D eigenvalue weighted by molar-refractivity contribution is 6.00. The first-order chi connectivity index (χ1) is 11.9. The number of ketones is 1. The van der Waals surface area contributed by atoms with E-state index in [1.54, 1.807) is 20.8 Å². The van der Waals surface area contributed by atoms with Crippen molar-refractivity contribution in [3.05, 3.63) is 23.8 Å². The second kappa shape index (κ2) is 8.46. The number of Topliss-reactive ketones (excluding diaryl/α,β-unsaturated/α-hetero) is 1. The summed E-state index contributed by atoms with van der Waals surface area (Å²) in [6.45, 7) is 6.58. The van der Waals surface area contributed by atoms with E-state index < -0.39 is 23.3 Å². The minimum atomic E-state index is -1.23. The number of hydrogen-bond donors (Lipinski definition) is 4. The van der Waals surface area contributed by atoms with Crippen LogP contribution in [0, 0.1) is 5.41 Å². The fourth-order valence-corrected chi connectivity index (χ4v) is 2.02. The van der Waals surface area contributed by atoms with Gasteiger partial charge in [0.1, 0.15) is 11.8 Å². The minimum absolute atomic E-state index is 0.00760. The number of benzene rings is 1. The molecule has 5 N–H and O–H groups in total. The molecule has 0 heterocycles.